The second kappa shape index (κ2) is 9.10. The molecule has 0 aliphatic carbocycles. The first kappa shape index (κ1) is 22.0. The summed E-state index contributed by atoms with van der Waals surface area (Å²) < 4.78 is 14.6. The quantitative estimate of drug-likeness (QED) is 0.739. The minimum absolute atomic E-state index is 0.0141. The highest BCUT2D eigenvalue weighted by Gasteiger charge is 2.32. The molecule has 3 heterocycles. The molecule has 2 aliphatic heterocycles. The molecule has 1 aromatic heterocycles. The van der Waals surface area contributed by atoms with Crippen LogP contribution in [0.2, 0.25) is 0 Å². The van der Waals surface area contributed by atoms with E-state index in [9.17, 15) is 18.8 Å². The summed E-state index contributed by atoms with van der Waals surface area (Å²) in [4.78, 5) is 40.3. The maximum atomic E-state index is 14.6. The first-order chi connectivity index (χ1) is 15.4. The highest BCUT2D eigenvalue weighted by atomic mass is 19.1. The second-order valence-corrected chi connectivity index (χ2v) is 8.37. The summed E-state index contributed by atoms with van der Waals surface area (Å²) >= 11 is 0. The van der Waals surface area contributed by atoms with E-state index in [0.29, 0.717) is 50.2 Å². The molecule has 1 atom stereocenters. The zero-order valence-electron chi connectivity index (χ0n) is 18.4. The average molecular weight is 442 g/mol. The first-order valence-electron chi connectivity index (χ1n) is 11.1. The number of amides is 2. The van der Waals surface area contributed by atoms with Crippen molar-refractivity contribution in [1.29, 1.82) is 0 Å². The van der Waals surface area contributed by atoms with E-state index >= 15 is 0 Å². The zero-order chi connectivity index (χ0) is 22.8. The third kappa shape index (κ3) is 4.24. The molecule has 32 heavy (non-hydrogen) atoms. The van der Waals surface area contributed by atoms with Gasteiger partial charge in [-0.2, -0.15) is 5.10 Å². The molecule has 0 saturated carbocycles. The number of hydrogen-bond acceptors (Lipinski definition) is 5. The number of likely N-dealkylation sites (N-methyl/N-ethyl adjacent to an activating group) is 1. The fourth-order valence-electron chi connectivity index (χ4n) is 4.71. The Morgan fingerprint density at radius 3 is 2.91 bits per heavy atom. The molecule has 2 aromatic rings. The molecule has 170 valence electrons. The maximum Gasteiger partial charge on any atom is 0.269 e. The average Bonchev–Trinajstić information content (AvgIpc) is 3.26. The molecule has 8 nitrogen and oxygen atoms in total. The third-order valence-corrected chi connectivity index (χ3v) is 6.33. The number of benzene rings is 1. The standard InChI is InChI=1S/C23H28FN5O3/c1-3-29(14(2)30)16-8-10-28(13-16)23(32)18-11-15(6-7-19(18)24)12-20-21-17(5-4-9-25-21)22(31)27-26-20/h6-7,11,16,25H,3-5,8-10,12-13H2,1-2H3,(H,27,31). The Kier molecular flexibility index (Phi) is 6.25. The summed E-state index contributed by atoms with van der Waals surface area (Å²) in [6, 6.07) is 4.45. The number of carbonyl (C=O) groups is 2. The lowest BCUT2D eigenvalue weighted by Crippen LogP contribution is -2.41. The fraction of sp³-hybridized carbons (Fsp3) is 0.478. The van der Waals surface area contributed by atoms with Crippen molar-refractivity contribution in [3.63, 3.8) is 0 Å². The molecule has 1 saturated heterocycles. The van der Waals surface area contributed by atoms with Crippen LogP contribution in [-0.4, -0.2) is 64.0 Å². The molecule has 1 unspecified atom stereocenters. The van der Waals surface area contributed by atoms with Gasteiger partial charge in [0.25, 0.3) is 11.5 Å². The number of carbonyl (C=O) groups excluding carboxylic acids is 2. The van der Waals surface area contributed by atoms with Gasteiger partial charge >= 0.3 is 0 Å². The van der Waals surface area contributed by atoms with E-state index in [1.807, 2.05) is 6.92 Å². The molecule has 1 aromatic carbocycles. The lowest BCUT2D eigenvalue weighted by Gasteiger charge is -2.26. The van der Waals surface area contributed by atoms with Gasteiger partial charge in [0.1, 0.15) is 5.82 Å². The number of hydrogen-bond donors (Lipinski definition) is 2. The maximum absolute atomic E-state index is 14.6. The van der Waals surface area contributed by atoms with Crippen molar-refractivity contribution >= 4 is 17.5 Å². The van der Waals surface area contributed by atoms with Gasteiger partial charge in [-0.3, -0.25) is 14.4 Å². The van der Waals surface area contributed by atoms with Crippen molar-refractivity contribution in [2.24, 2.45) is 0 Å². The lowest BCUT2D eigenvalue weighted by atomic mass is 10.00. The van der Waals surface area contributed by atoms with E-state index in [-0.39, 0.29) is 29.0 Å². The molecular weight excluding hydrogens is 413 g/mol. The van der Waals surface area contributed by atoms with E-state index in [0.717, 1.165) is 24.2 Å². The molecule has 2 aliphatic rings. The first-order valence-corrected chi connectivity index (χ1v) is 11.1. The Morgan fingerprint density at radius 1 is 1.34 bits per heavy atom. The Labute approximate surface area is 185 Å². The van der Waals surface area contributed by atoms with Gasteiger partial charge in [-0.15, -0.1) is 0 Å². The van der Waals surface area contributed by atoms with Gasteiger partial charge < -0.3 is 15.1 Å². The molecule has 0 spiro atoms. The number of nitrogens with zero attached hydrogens (tertiary/aromatic N) is 3. The fourth-order valence-corrected chi connectivity index (χ4v) is 4.71. The molecule has 0 bridgehead atoms. The number of fused-ring (bicyclic) bond motifs is 1. The van der Waals surface area contributed by atoms with Crippen LogP contribution in [0.3, 0.4) is 0 Å². The van der Waals surface area contributed by atoms with Gasteiger partial charge in [0.2, 0.25) is 5.91 Å². The molecular formula is C23H28FN5O3. The van der Waals surface area contributed by atoms with Gasteiger partial charge in [0, 0.05) is 45.1 Å². The predicted octanol–water partition coefficient (Wildman–Crippen LogP) is 1.94. The van der Waals surface area contributed by atoms with Gasteiger partial charge in [-0.1, -0.05) is 6.07 Å². The number of H-pyrrole nitrogens is 1. The third-order valence-electron chi connectivity index (χ3n) is 6.33. The van der Waals surface area contributed by atoms with Crippen molar-refractivity contribution in [2.75, 3.05) is 31.5 Å². The Morgan fingerprint density at radius 2 is 2.16 bits per heavy atom. The summed E-state index contributed by atoms with van der Waals surface area (Å²) in [5, 5.41) is 9.99. The molecule has 1 fully saturated rings. The number of nitrogens with one attached hydrogen (secondary N) is 2. The topological polar surface area (TPSA) is 98.4 Å². The summed E-state index contributed by atoms with van der Waals surface area (Å²) in [5.41, 5.74) is 2.66. The number of rotatable bonds is 5. The lowest BCUT2D eigenvalue weighted by molar-refractivity contribution is -0.130. The SMILES string of the molecule is CCN(C(C)=O)C1CCN(C(=O)c2cc(Cc3n[nH]c(=O)c4c3NCCC4)ccc2F)C1. The molecule has 2 amide bonds. The smallest absolute Gasteiger partial charge is 0.269 e. The predicted molar refractivity (Wildman–Crippen MR) is 118 cm³/mol. The number of halogens is 1. The number of aromatic nitrogens is 2. The minimum atomic E-state index is -0.573. The summed E-state index contributed by atoms with van der Waals surface area (Å²) in [5.74, 6) is -0.970. The molecule has 0 radical (unpaired) electrons. The van der Waals surface area contributed by atoms with Crippen molar-refractivity contribution in [3.8, 4) is 0 Å². The van der Waals surface area contributed by atoms with Crippen molar-refractivity contribution < 1.29 is 14.0 Å². The number of anilines is 1. The molecule has 4 rings (SSSR count). The highest BCUT2D eigenvalue weighted by Crippen LogP contribution is 2.25. The van der Waals surface area contributed by atoms with Crippen LogP contribution in [0, 0.1) is 5.82 Å². The van der Waals surface area contributed by atoms with E-state index in [1.54, 1.807) is 21.9 Å². The zero-order valence-corrected chi connectivity index (χ0v) is 18.4. The second-order valence-electron chi connectivity index (χ2n) is 8.37. The van der Waals surface area contributed by atoms with Gasteiger partial charge in [-0.05, 0) is 43.9 Å². The van der Waals surface area contributed by atoms with E-state index < -0.39 is 5.82 Å². The van der Waals surface area contributed by atoms with Crippen LogP contribution in [0.15, 0.2) is 23.0 Å². The number of aromatic amines is 1. The highest BCUT2D eigenvalue weighted by molar-refractivity contribution is 5.95. The van der Waals surface area contributed by atoms with Crippen LogP contribution in [0.5, 0.6) is 0 Å². The van der Waals surface area contributed by atoms with Crippen LogP contribution >= 0.6 is 0 Å². The molecule has 9 heteroatoms. The Balaban J connectivity index is 1.55. The summed E-state index contributed by atoms with van der Waals surface area (Å²) in [6.07, 6.45) is 2.61. The van der Waals surface area contributed by atoms with Gasteiger partial charge in [-0.25, -0.2) is 9.49 Å². The van der Waals surface area contributed by atoms with Crippen molar-refractivity contribution in [3.05, 3.63) is 56.8 Å². The summed E-state index contributed by atoms with van der Waals surface area (Å²) in [7, 11) is 0. The van der Waals surface area contributed by atoms with Crippen LogP contribution in [0.25, 0.3) is 0 Å². The number of likely N-dealkylation sites (tertiary alicyclic amines) is 1. The van der Waals surface area contributed by atoms with E-state index in [4.69, 9.17) is 0 Å². The van der Waals surface area contributed by atoms with Gasteiger partial charge in [0.05, 0.1) is 23.0 Å². The van der Waals surface area contributed by atoms with Gasteiger partial charge in [0.15, 0.2) is 0 Å². The minimum Gasteiger partial charge on any atom is -0.383 e. The largest absolute Gasteiger partial charge is 0.383 e. The van der Waals surface area contributed by atoms with E-state index in [2.05, 4.69) is 15.5 Å². The van der Waals surface area contributed by atoms with Crippen LogP contribution in [0.4, 0.5) is 10.1 Å². The van der Waals surface area contributed by atoms with Crippen LogP contribution in [-0.2, 0) is 17.6 Å². The summed E-state index contributed by atoms with van der Waals surface area (Å²) in [6.45, 7) is 5.66. The van der Waals surface area contributed by atoms with Crippen molar-refractivity contribution in [2.45, 2.75) is 45.6 Å². The Bertz CT molecular complexity index is 1100. The normalized spacial score (nSPS) is 17.6. The van der Waals surface area contributed by atoms with E-state index in [1.165, 1.54) is 13.0 Å². The van der Waals surface area contributed by atoms with Crippen LogP contribution < -0.4 is 10.9 Å². The molecule has 2 N–H and O–H groups in total. The Hall–Kier alpha value is -3.23. The van der Waals surface area contributed by atoms with Crippen molar-refractivity contribution in [1.82, 2.24) is 20.0 Å². The monoisotopic (exact) mass is 441 g/mol. The van der Waals surface area contributed by atoms with Crippen LogP contribution in [0.1, 0.15) is 53.9 Å².